The molecule has 0 unspecified atom stereocenters. The van der Waals surface area contributed by atoms with Crippen molar-refractivity contribution in [3.05, 3.63) is 47.7 Å². The second-order valence-electron chi connectivity index (χ2n) is 4.22. The van der Waals surface area contributed by atoms with Gasteiger partial charge in [-0.3, -0.25) is 4.79 Å². The minimum absolute atomic E-state index is 0.0691. The fourth-order valence-electron chi connectivity index (χ4n) is 1.71. The van der Waals surface area contributed by atoms with Gasteiger partial charge in [0, 0.05) is 11.8 Å². The summed E-state index contributed by atoms with van der Waals surface area (Å²) in [6, 6.07) is 8.06. The van der Waals surface area contributed by atoms with Crippen LogP contribution in [0.15, 0.2) is 39.8 Å². The fourth-order valence-corrected chi connectivity index (χ4v) is 2.12. The molecule has 1 amide bonds. The molecule has 1 atom stereocenters. The molecule has 19 heavy (non-hydrogen) atoms. The van der Waals surface area contributed by atoms with E-state index < -0.39 is 0 Å². The number of nitrogens with zero attached hydrogens (tertiary/aromatic N) is 1. The van der Waals surface area contributed by atoms with Gasteiger partial charge < -0.3 is 9.73 Å². The van der Waals surface area contributed by atoms with Crippen LogP contribution in [0.5, 0.6) is 0 Å². The van der Waals surface area contributed by atoms with Gasteiger partial charge in [0.1, 0.15) is 6.26 Å². The predicted molar refractivity (Wildman–Crippen MR) is 75.3 cm³/mol. The molecule has 2 aromatic rings. The van der Waals surface area contributed by atoms with Gasteiger partial charge in [0.05, 0.1) is 6.04 Å². The third kappa shape index (κ3) is 3.38. The Bertz CT molecular complexity index is 563. The van der Waals surface area contributed by atoms with Crippen LogP contribution in [0.2, 0.25) is 0 Å². The van der Waals surface area contributed by atoms with Crippen molar-refractivity contribution >= 4 is 17.7 Å². The maximum atomic E-state index is 11.9. The van der Waals surface area contributed by atoms with E-state index in [0.717, 1.165) is 5.56 Å². The normalized spacial score (nSPS) is 12.2. The molecule has 0 spiro atoms. The van der Waals surface area contributed by atoms with E-state index in [0.29, 0.717) is 11.6 Å². The van der Waals surface area contributed by atoms with E-state index in [-0.39, 0.29) is 11.9 Å². The molecule has 0 saturated carbocycles. The molecule has 1 aromatic carbocycles. The van der Waals surface area contributed by atoms with Crippen LogP contribution in [0.1, 0.15) is 34.9 Å². The molecule has 0 radical (unpaired) electrons. The van der Waals surface area contributed by atoms with Crippen molar-refractivity contribution in [2.24, 2.45) is 0 Å². The summed E-state index contributed by atoms with van der Waals surface area (Å²) in [6.07, 6.45) is 3.40. The lowest BCUT2D eigenvalue weighted by Gasteiger charge is -2.13. The summed E-state index contributed by atoms with van der Waals surface area (Å²) in [5, 5.41) is 2.90. The lowest BCUT2D eigenvalue weighted by molar-refractivity contribution is 0.0935. The van der Waals surface area contributed by atoms with Gasteiger partial charge in [0.2, 0.25) is 0 Å². The highest BCUT2D eigenvalue weighted by atomic mass is 32.2. The molecule has 0 aliphatic carbocycles. The molecular formula is C14H16N2O2S. The van der Waals surface area contributed by atoms with E-state index in [2.05, 4.69) is 10.3 Å². The van der Waals surface area contributed by atoms with Gasteiger partial charge in [-0.1, -0.05) is 12.1 Å². The maximum Gasteiger partial charge on any atom is 0.273 e. The van der Waals surface area contributed by atoms with Gasteiger partial charge >= 0.3 is 0 Å². The number of amides is 1. The summed E-state index contributed by atoms with van der Waals surface area (Å²) in [5.41, 5.74) is 1.37. The Morgan fingerprint density at radius 1 is 1.37 bits per heavy atom. The highest BCUT2D eigenvalue weighted by Gasteiger charge is 2.14. The zero-order valence-electron chi connectivity index (χ0n) is 11.1. The minimum Gasteiger partial charge on any atom is -0.448 e. The summed E-state index contributed by atoms with van der Waals surface area (Å²) in [5.74, 6) is 0.264. The minimum atomic E-state index is -0.224. The molecule has 1 aromatic heterocycles. The number of nitrogens with one attached hydrogen (secondary N) is 1. The first kappa shape index (κ1) is 13.7. The average molecular weight is 276 g/mol. The Labute approximate surface area is 116 Å². The molecule has 0 bridgehead atoms. The van der Waals surface area contributed by atoms with E-state index in [9.17, 15) is 4.79 Å². The van der Waals surface area contributed by atoms with Gasteiger partial charge in [-0.2, -0.15) is 0 Å². The number of aromatic nitrogens is 1. The summed E-state index contributed by atoms with van der Waals surface area (Å²) in [7, 11) is 0. The Hall–Kier alpha value is -1.75. The number of thioether (sulfide) groups is 1. The Morgan fingerprint density at radius 3 is 2.58 bits per heavy atom. The molecule has 0 aliphatic heterocycles. The van der Waals surface area contributed by atoms with Crippen LogP contribution < -0.4 is 5.32 Å². The monoisotopic (exact) mass is 276 g/mol. The largest absolute Gasteiger partial charge is 0.448 e. The van der Waals surface area contributed by atoms with Crippen molar-refractivity contribution in [2.75, 3.05) is 6.26 Å². The lowest BCUT2D eigenvalue weighted by Crippen LogP contribution is -2.26. The number of benzene rings is 1. The molecular weight excluding hydrogens is 260 g/mol. The van der Waals surface area contributed by atoms with Crippen LogP contribution in [0.25, 0.3) is 0 Å². The molecule has 2 rings (SSSR count). The summed E-state index contributed by atoms with van der Waals surface area (Å²) < 4.78 is 5.03. The smallest absolute Gasteiger partial charge is 0.273 e. The van der Waals surface area contributed by atoms with Crippen molar-refractivity contribution in [1.82, 2.24) is 10.3 Å². The van der Waals surface area contributed by atoms with Crippen molar-refractivity contribution in [3.63, 3.8) is 0 Å². The summed E-state index contributed by atoms with van der Waals surface area (Å²) in [4.78, 5) is 17.1. The van der Waals surface area contributed by atoms with Gasteiger partial charge in [-0.25, -0.2) is 4.98 Å². The zero-order valence-corrected chi connectivity index (χ0v) is 12.0. The number of rotatable bonds is 4. The highest BCUT2D eigenvalue weighted by Crippen LogP contribution is 2.19. The third-order valence-corrected chi connectivity index (χ3v) is 3.56. The van der Waals surface area contributed by atoms with E-state index in [4.69, 9.17) is 4.42 Å². The first-order chi connectivity index (χ1) is 9.10. The van der Waals surface area contributed by atoms with Gasteiger partial charge in [-0.15, -0.1) is 11.8 Å². The SMILES string of the molecule is CSc1ccc([C@@H](C)NC(=O)c2coc(C)n2)cc1. The molecule has 0 aliphatic rings. The van der Waals surface area contributed by atoms with Gasteiger partial charge in [0.15, 0.2) is 11.6 Å². The second kappa shape index (κ2) is 5.93. The number of aryl methyl sites for hydroxylation is 1. The van der Waals surface area contributed by atoms with Crippen LogP contribution in [-0.4, -0.2) is 17.1 Å². The topological polar surface area (TPSA) is 55.1 Å². The number of carbonyl (C=O) groups excluding carboxylic acids is 1. The molecule has 0 saturated heterocycles. The van der Waals surface area contributed by atoms with Crippen LogP contribution in [0, 0.1) is 6.92 Å². The highest BCUT2D eigenvalue weighted by molar-refractivity contribution is 7.98. The molecule has 4 nitrogen and oxygen atoms in total. The number of carbonyl (C=O) groups is 1. The van der Waals surface area contributed by atoms with E-state index in [1.54, 1.807) is 18.7 Å². The third-order valence-electron chi connectivity index (χ3n) is 2.82. The number of hydrogen-bond acceptors (Lipinski definition) is 4. The summed E-state index contributed by atoms with van der Waals surface area (Å²) in [6.45, 7) is 3.65. The van der Waals surface area contributed by atoms with Crippen molar-refractivity contribution in [2.45, 2.75) is 24.8 Å². The zero-order chi connectivity index (χ0) is 13.8. The molecule has 5 heteroatoms. The Morgan fingerprint density at radius 2 is 2.05 bits per heavy atom. The first-order valence-corrected chi connectivity index (χ1v) is 7.19. The fraction of sp³-hybridized carbons (Fsp3) is 0.286. The van der Waals surface area contributed by atoms with E-state index >= 15 is 0 Å². The molecule has 0 fully saturated rings. The standard InChI is InChI=1S/C14H16N2O2S/c1-9(11-4-6-12(19-3)7-5-11)15-14(17)13-8-18-10(2)16-13/h4-9H,1-3H3,(H,15,17)/t9-/m1/s1. The molecule has 1 heterocycles. The van der Waals surface area contributed by atoms with Gasteiger partial charge in [-0.05, 0) is 30.9 Å². The van der Waals surface area contributed by atoms with Crippen LogP contribution in [0.3, 0.4) is 0 Å². The quantitative estimate of drug-likeness (QED) is 0.871. The first-order valence-electron chi connectivity index (χ1n) is 5.97. The average Bonchev–Trinajstić information content (AvgIpc) is 2.85. The van der Waals surface area contributed by atoms with Crippen molar-refractivity contribution in [1.29, 1.82) is 0 Å². The van der Waals surface area contributed by atoms with Crippen molar-refractivity contribution in [3.8, 4) is 0 Å². The van der Waals surface area contributed by atoms with Crippen LogP contribution in [-0.2, 0) is 0 Å². The van der Waals surface area contributed by atoms with E-state index in [1.165, 1.54) is 11.2 Å². The lowest BCUT2D eigenvalue weighted by atomic mass is 10.1. The van der Waals surface area contributed by atoms with E-state index in [1.807, 2.05) is 37.4 Å². The predicted octanol–water partition coefficient (Wildman–Crippen LogP) is 3.20. The Kier molecular flexibility index (Phi) is 4.27. The van der Waals surface area contributed by atoms with Gasteiger partial charge in [0.25, 0.3) is 5.91 Å². The van der Waals surface area contributed by atoms with Crippen molar-refractivity contribution < 1.29 is 9.21 Å². The van der Waals surface area contributed by atoms with Crippen LogP contribution in [0.4, 0.5) is 0 Å². The number of oxazole rings is 1. The Balaban J connectivity index is 2.03. The van der Waals surface area contributed by atoms with Crippen LogP contribution >= 0.6 is 11.8 Å². The number of hydrogen-bond donors (Lipinski definition) is 1. The molecule has 1 N–H and O–H groups in total. The molecule has 100 valence electrons. The maximum absolute atomic E-state index is 11.9. The summed E-state index contributed by atoms with van der Waals surface area (Å²) >= 11 is 1.69. The second-order valence-corrected chi connectivity index (χ2v) is 5.10.